The molecule has 0 aromatic heterocycles. The van der Waals surface area contributed by atoms with Crippen molar-refractivity contribution in [1.82, 2.24) is 5.43 Å². The maximum Gasteiger partial charge on any atom is 0.0279 e. The topological polar surface area (TPSA) is 38.0 Å². The van der Waals surface area contributed by atoms with Gasteiger partial charge in [-0.15, -0.1) is 0 Å². The average Bonchev–Trinajstić information content (AvgIpc) is 2.74. The Morgan fingerprint density at radius 3 is 2.16 bits per heavy atom. The van der Waals surface area contributed by atoms with E-state index >= 15 is 0 Å². The van der Waals surface area contributed by atoms with Gasteiger partial charge in [-0.1, -0.05) is 56.9 Å². The Hall–Kier alpha value is -0.860. The third kappa shape index (κ3) is 4.32. The highest BCUT2D eigenvalue weighted by Gasteiger charge is 2.21. The average molecular weight is 260 g/mol. The summed E-state index contributed by atoms with van der Waals surface area (Å²) in [6, 6.07) is 9.46. The summed E-state index contributed by atoms with van der Waals surface area (Å²) in [7, 11) is 0. The summed E-state index contributed by atoms with van der Waals surface area (Å²) in [4.78, 5) is 0. The van der Waals surface area contributed by atoms with E-state index < -0.39 is 0 Å². The predicted octanol–water partition coefficient (Wildman–Crippen LogP) is 3.59. The summed E-state index contributed by atoms with van der Waals surface area (Å²) >= 11 is 0. The van der Waals surface area contributed by atoms with Gasteiger partial charge in [0.1, 0.15) is 0 Å². The highest BCUT2D eigenvalue weighted by atomic mass is 15.2. The molecule has 1 atom stereocenters. The summed E-state index contributed by atoms with van der Waals surface area (Å²) < 4.78 is 0. The standard InChI is InChI=1S/C17H28N2/c1-2-14-9-11-15(12-10-14)13-17(19-18)16-7-5-3-4-6-8-16/h9-12,16-17,19H,2-8,13,18H2,1H3. The van der Waals surface area contributed by atoms with Crippen LogP contribution in [0.15, 0.2) is 24.3 Å². The molecule has 0 heterocycles. The molecule has 3 N–H and O–H groups in total. The second-order valence-corrected chi connectivity index (χ2v) is 5.90. The Balaban J connectivity index is 1.96. The molecule has 1 aliphatic carbocycles. The second-order valence-electron chi connectivity index (χ2n) is 5.90. The number of aryl methyl sites for hydroxylation is 1. The van der Waals surface area contributed by atoms with Gasteiger partial charge in [0, 0.05) is 6.04 Å². The van der Waals surface area contributed by atoms with Crippen molar-refractivity contribution in [2.24, 2.45) is 11.8 Å². The third-order valence-electron chi connectivity index (χ3n) is 4.57. The predicted molar refractivity (Wildman–Crippen MR) is 81.8 cm³/mol. The zero-order valence-corrected chi connectivity index (χ0v) is 12.2. The van der Waals surface area contributed by atoms with E-state index in [0.29, 0.717) is 6.04 Å². The smallest absolute Gasteiger partial charge is 0.0279 e. The molecule has 1 fully saturated rings. The largest absolute Gasteiger partial charge is 0.271 e. The Morgan fingerprint density at radius 1 is 1.05 bits per heavy atom. The molecule has 0 spiro atoms. The molecule has 2 rings (SSSR count). The van der Waals surface area contributed by atoms with E-state index in [1.165, 1.54) is 49.7 Å². The lowest BCUT2D eigenvalue weighted by atomic mass is 9.88. The van der Waals surface area contributed by atoms with Crippen LogP contribution in [0.3, 0.4) is 0 Å². The molecule has 1 unspecified atom stereocenters. The summed E-state index contributed by atoms with van der Waals surface area (Å²) in [5.74, 6) is 6.56. The van der Waals surface area contributed by atoms with Gasteiger partial charge in [-0.05, 0) is 42.7 Å². The van der Waals surface area contributed by atoms with E-state index in [-0.39, 0.29) is 0 Å². The van der Waals surface area contributed by atoms with E-state index in [9.17, 15) is 0 Å². The minimum Gasteiger partial charge on any atom is -0.271 e. The molecule has 2 nitrogen and oxygen atoms in total. The van der Waals surface area contributed by atoms with Gasteiger partial charge in [-0.2, -0.15) is 0 Å². The van der Waals surface area contributed by atoms with E-state index in [1.54, 1.807) is 0 Å². The van der Waals surface area contributed by atoms with Crippen LogP contribution in [-0.4, -0.2) is 6.04 Å². The number of hydrogen-bond donors (Lipinski definition) is 2. The van der Waals surface area contributed by atoms with Gasteiger partial charge in [0.2, 0.25) is 0 Å². The molecule has 0 aliphatic heterocycles. The van der Waals surface area contributed by atoms with E-state index in [0.717, 1.165) is 18.8 Å². The summed E-state index contributed by atoms with van der Waals surface area (Å²) in [5, 5.41) is 0. The highest BCUT2D eigenvalue weighted by Crippen LogP contribution is 2.27. The van der Waals surface area contributed by atoms with Crippen molar-refractivity contribution in [1.29, 1.82) is 0 Å². The third-order valence-corrected chi connectivity index (χ3v) is 4.57. The van der Waals surface area contributed by atoms with Crippen molar-refractivity contribution < 1.29 is 0 Å². The van der Waals surface area contributed by atoms with Crippen molar-refractivity contribution in [2.75, 3.05) is 0 Å². The van der Waals surface area contributed by atoms with Crippen molar-refractivity contribution in [3.05, 3.63) is 35.4 Å². The van der Waals surface area contributed by atoms with E-state index in [1.807, 2.05) is 0 Å². The number of benzene rings is 1. The monoisotopic (exact) mass is 260 g/mol. The zero-order chi connectivity index (χ0) is 13.5. The Bertz CT molecular complexity index is 350. The van der Waals surface area contributed by atoms with Crippen molar-refractivity contribution in [3.63, 3.8) is 0 Å². The SMILES string of the molecule is CCc1ccc(CC(NN)C2CCCCCC2)cc1. The van der Waals surface area contributed by atoms with Crippen LogP contribution in [0.1, 0.15) is 56.6 Å². The van der Waals surface area contributed by atoms with Gasteiger partial charge >= 0.3 is 0 Å². The molecule has 19 heavy (non-hydrogen) atoms. The minimum atomic E-state index is 0.436. The lowest BCUT2D eigenvalue weighted by Crippen LogP contribution is -2.42. The fraction of sp³-hybridized carbons (Fsp3) is 0.647. The highest BCUT2D eigenvalue weighted by molar-refractivity contribution is 5.23. The normalized spacial score (nSPS) is 19.1. The van der Waals surface area contributed by atoms with Crippen LogP contribution in [-0.2, 0) is 12.8 Å². The molecule has 1 aromatic rings. The molecule has 1 aliphatic rings. The zero-order valence-electron chi connectivity index (χ0n) is 12.2. The molecule has 0 bridgehead atoms. The minimum absolute atomic E-state index is 0.436. The first-order valence-corrected chi connectivity index (χ1v) is 7.87. The van der Waals surface area contributed by atoms with Crippen molar-refractivity contribution in [3.8, 4) is 0 Å². The number of rotatable bonds is 5. The van der Waals surface area contributed by atoms with Crippen LogP contribution in [0.4, 0.5) is 0 Å². The van der Waals surface area contributed by atoms with E-state index in [4.69, 9.17) is 5.84 Å². The number of nitrogens with one attached hydrogen (secondary N) is 1. The first-order chi connectivity index (χ1) is 9.33. The number of nitrogens with two attached hydrogens (primary N) is 1. The van der Waals surface area contributed by atoms with E-state index in [2.05, 4.69) is 36.6 Å². The van der Waals surface area contributed by atoms with Crippen LogP contribution < -0.4 is 11.3 Å². The van der Waals surface area contributed by atoms with Crippen LogP contribution >= 0.6 is 0 Å². The Kier molecular flexibility index (Phi) is 5.87. The molecule has 1 aromatic carbocycles. The van der Waals surface area contributed by atoms with Gasteiger partial charge in [0.05, 0.1) is 0 Å². The van der Waals surface area contributed by atoms with Gasteiger partial charge in [-0.3, -0.25) is 11.3 Å². The number of hydrazine groups is 1. The van der Waals surface area contributed by atoms with Crippen molar-refractivity contribution >= 4 is 0 Å². The molecule has 0 saturated heterocycles. The van der Waals surface area contributed by atoms with Gasteiger partial charge in [0.15, 0.2) is 0 Å². The quantitative estimate of drug-likeness (QED) is 0.482. The maximum absolute atomic E-state index is 5.81. The first-order valence-electron chi connectivity index (χ1n) is 7.87. The van der Waals surface area contributed by atoms with Crippen LogP contribution in [0, 0.1) is 5.92 Å². The molecule has 2 heteroatoms. The first kappa shape index (κ1) is 14.5. The second kappa shape index (κ2) is 7.66. The molecule has 0 radical (unpaired) electrons. The molecule has 1 saturated carbocycles. The molecule has 0 amide bonds. The van der Waals surface area contributed by atoms with Crippen LogP contribution in [0.25, 0.3) is 0 Å². The lowest BCUT2D eigenvalue weighted by molar-refractivity contribution is 0.320. The van der Waals surface area contributed by atoms with Gasteiger partial charge in [-0.25, -0.2) is 0 Å². The van der Waals surface area contributed by atoms with Crippen LogP contribution in [0.5, 0.6) is 0 Å². The summed E-state index contributed by atoms with van der Waals surface area (Å²) in [6.45, 7) is 2.20. The van der Waals surface area contributed by atoms with Crippen LogP contribution in [0.2, 0.25) is 0 Å². The summed E-state index contributed by atoms with van der Waals surface area (Å²) in [6.07, 6.45) is 10.4. The fourth-order valence-corrected chi connectivity index (χ4v) is 3.24. The Labute approximate surface area is 117 Å². The summed E-state index contributed by atoms with van der Waals surface area (Å²) in [5.41, 5.74) is 5.90. The maximum atomic E-state index is 5.81. The van der Waals surface area contributed by atoms with Gasteiger partial charge in [0.25, 0.3) is 0 Å². The molecular formula is C17H28N2. The number of hydrogen-bond acceptors (Lipinski definition) is 2. The van der Waals surface area contributed by atoms with Gasteiger partial charge < -0.3 is 0 Å². The lowest BCUT2D eigenvalue weighted by Gasteiger charge is -2.25. The van der Waals surface area contributed by atoms with Crippen molar-refractivity contribution in [2.45, 2.75) is 64.3 Å². The Morgan fingerprint density at radius 2 is 1.63 bits per heavy atom. The molecular weight excluding hydrogens is 232 g/mol. The fourth-order valence-electron chi connectivity index (χ4n) is 3.24. The molecule has 106 valence electrons.